The Kier molecular flexibility index (Phi) is 6.22. The van der Waals surface area contributed by atoms with Gasteiger partial charge in [0.25, 0.3) is 0 Å². The van der Waals surface area contributed by atoms with Gasteiger partial charge in [-0.1, -0.05) is 78.9 Å². The largest absolute Gasteiger partial charge is 0.334 e. The summed E-state index contributed by atoms with van der Waals surface area (Å²) in [6.45, 7) is 0. The first-order valence-corrected chi connectivity index (χ1v) is 16.3. The van der Waals surface area contributed by atoms with Crippen LogP contribution in [0.1, 0.15) is 41.8 Å². The van der Waals surface area contributed by atoms with Crippen LogP contribution in [0.3, 0.4) is 0 Å². The Hall–Kier alpha value is -5.28. The molecule has 9 rings (SSSR count). The molecule has 0 aliphatic heterocycles. The Labute approximate surface area is 264 Å². The van der Waals surface area contributed by atoms with Gasteiger partial charge in [0.05, 0.1) is 17.1 Å². The van der Waals surface area contributed by atoms with Crippen molar-refractivity contribution in [3.05, 3.63) is 156 Å². The van der Waals surface area contributed by atoms with Crippen molar-refractivity contribution >= 4 is 51.0 Å². The molecule has 0 bridgehead atoms. The minimum Gasteiger partial charge on any atom is -0.334 e. The summed E-state index contributed by atoms with van der Waals surface area (Å²) in [7, 11) is 0. The number of hydrogen-bond acceptors (Lipinski definition) is 1. The summed E-state index contributed by atoms with van der Waals surface area (Å²) in [6.07, 6.45) is 21.9. The summed E-state index contributed by atoms with van der Waals surface area (Å²) < 4.78 is 4.90. The number of aromatic nitrogens is 2. The predicted octanol–water partition coefficient (Wildman–Crippen LogP) is 10.5. The molecule has 0 spiro atoms. The van der Waals surface area contributed by atoms with E-state index in [-0.39, 0.29) is 6.04 Å². The Morgan fingerprint density at radius 3 is 1.73 bits per heavy atom. The second kappa shape index (κ2) is 10.7. The number of fused-ring (bicyclic) bond motifs is 6. The summed E-state index contributed by atoms with van der Waals surface area (Å²) in [5.74, 6) is 0. The molecule has 0 N–H and O–H groups in total. The molecule has 0 fully saturated rings. The average Bonchev–Trinajstić information content (AvgIpc) is 3.63. The van der Waals surface area contributed by atoms with Gasteiger partial charge < -0.3 is 14.0 Å². The van der Waals surface area contributed by atoms with E-state index in [9.17, 15) is 0 Å². The molecule has 0 saturated carbocycles. The second-order valence-electron chi connectivity index (χ2n) is 12.3. The number of anilines is 2. The van der Waals surface area contributed by atoms with Crippen LogP contribution in [-0.4, -0.2) is 15.2 Å². The van der Waals surface area contributed by atoms with E-state index in [0.717, 1.165) is 32.1 Å². The highest BCUT2D eigenvalue weighted by atomic mass is 15.2. The van der Waals surface area contributed by atoms with Crippen LogP contribution in [0.2, 0.25) is 0 Å². The summed E-state index contributed by atoms with van der Waals surface area (Å²) in [5, 5.41) is 2.60. The molecule has 3 aliphatic rings. The van der Waals surface area contributed by atoms with Crippen LogP contribution in [0.25, 0.3) is 45.3 Å². The van der Waals surface area contributed by atoms with Gasteiger partial charge in [-0.15, -0.1) is 0 Å². The minimum absolute atomic E-state index is 0.202. The zero-order valence-corrected chi connectivity index (χ0v) is 25.3. The fraction of sp³-hybridized carbons (Fsp3) is 0.143. The quantitative estimate of drug-likeness (QED) is 0.197. The monoisotopic (exact) mass is 581 g/mol. The van der Waals surface area contributed by atoms with Crippen LogP contribution in [0.4, 0.5) is 11.4 Å². The molecule has 1 unspecified atom stereocenters. The van der Waals surface area contributed by atoms with Gasteiger partial charge in [-0.2, -0.15) is 0 Å². The summed E-state index contributed by atoms with van der Waals surface area (Å²) in [6, 6.07) is 37.7. The van der Waals surface area contributed by atoms with Crippen LogP contribution in [-0.2, 0) is 12.8 Å². The van der Waals surface area contributed by atoms with Gasteiger partial charge >= 0.3 is 0 Å². The molecule has 0 radical (unpaired) electrons. The van der Waals surface area contributed by atoms with Crippen molar-refractivity contribution in [2.24, 2.45) is 0 Å². The standard InChI is InChI=1S/C42H35N3/c1-2-12-30(13-3-1)43(31-22-26-33(27-23-31)44-39-18-8-4-14-35(39)36-15-5-9-19-40(36)44)32-24-28-34(29-25-32)45-41-20-10-6-16-37(41)38-17-7-11-21-42(38)45/h1-5,8-15,18-22,24-29,31H,6-7,16-17,23H2. The first-order chi connectivity index (χ1) is 22.3. The van der Waals surface area contributed by atoms with Gasteiger partial charge in [-0.25, -0.2) is 0 Å². The fourth-order valence-corrected chi connectivity index (χ4v) is 7.78. The number of hydrogen-bond donors (Lipinski definition) is 0. The van der Waals surface area contributed by atoms with Crippen LogP contribution >= 0.6 is 0 Å². The van der Waals surface area contributed by atoms with E-state index in [1.54, 1.807) is 11.1 Å². The first-order valence-electron chi connectivity index (χ1n) is 16.3. The topological polar surface area (TPSA) is 13.1 Å². The van der Waals surface area contributed by atoms with Crippen LogP contribution < -0.4 is 4.90 Å². The van der Waals surface area contributed by atoms with Crippen molar-refractivity contribution in [2.45, 2.75) is 38.1 Å². The highest BCUT2D eigenvalue weighted by Gasteiger charge is 2.25. The molecule has 1 atom stereocenters. The number of benzene rings is 4. The molecule has 2 heterocycles. The lowest BCUT2D eigenvalue weighted by Crippen LogP contribution is -2.30. The van der Waals surface area contributed by atoms with Crippen molar-refractivity contribution in [2.75, 3.05) is 4.90 Å². The molecule has 45 heavy (non-hydrogen) atoms. The average molecular weight is 582 g/mol. The highest BCUT2D eigenvalue weighted by molar-refractivity contribution is 6.10. The lowest BCUT2D eigenvalue weighted by atomic mass is 9.94. The van der Waals surface area contributed by atoms with Gasteiger partial charge in [-0.3, -0.25) is 0 Å². The number of nitrogens with zero attached hydrogens (tertiary/aromatic N) is 3. The Morgan fingerprint density at radius 2 is 1.13 bits per heavy atom. The Balaban J connectivity index is 1.08. The van der Waals surface area contributed by atoms with E-state index < -0.39 is 0 Å². The van der Waals surface area contributed by atoms with Crippen molar-refractivity contribution in [3.8, 4) is 5.69 Å². The molecule has 0 saturated heterocycles. The van der Waals surface area contributed by atoms with E-state index >= 15 is 0 Å². The minimum atomic E-state index is 0.202. The number of para-hydroxylation sites is 3. The molecule has 6 aromatic rings. The van der Waals surface area contributed by atoms with Gasteiger partial charge in [0.15, 0.2) is 0 Å². The summed E-state index contributed by atoms with van der Waals surface area (Å²) in [5.41, 5.74) is 13.2. The first kappa shape index (κ1) is 26.2. The van der Waals surface area contributed by atoms with Crippen molar-refractivity contribution in [1.82, 2.24) is 9.13 Å². The zero-order chi connectivity index (χ0) is 29.7. The smallest absolute Gasteiger partial charge is 0.0561 e. The number of allylic oxidation sites excluding steroid dienone is 4. The van der Waals surface area contributed by atoms with Gasteiger partial charge in [-0.05, 0) is 110 Å². The van der Waals surface area contributed by atoms with Gasteiger partial charge in [0, 0.05) is 44.9 Å². The van der Waals surface area contributed by atoms with Crippen LogP contribution in [0, 0.1) is 0 Å². The second-order valence-corrected chi connectivity index (χ2v) is 12.3. The zero-order valence-electron chi connectivity index (χ0n) is 25.3. The number of rotatable bonds is 5. The Bertz CT molecular complexity index is 2090. The van der Waals surface area contributed by atoms with Crippen molar-refractivity contribution in [3.63, 3.8) is 0 Å². The van der Waals surface area contributed by atoms with E-state index in [4.69, 9.17) is 0 Å². The van der Waals surface area contributed by atoms with Crippen LogP contribution in [0.15, 0.2) is 134 Å². The molecule has 3 heteroatoms. The van der Waals surface area contributed by atoms with Crippen LogP contribution in [0.5, 0.6) is 0 Å². The lowest BCUT2D eigenvalue weighted by Gasteiger charge is -2.33. The maximum atomic E-state index is 2.49. The lowest BCUT2D eigenvalue weighted by molar-refractivity contribution is 0.783. The molecular weight excluding hydrogens is 546 g/mol. The predicted molar refractivity (Wildman–Crippen MR) is 190 cm³/mol. The summed E-state index contributed by atoms with van der Waals surface area (Å²) >= 11 is 0. The fourth-order valence-electron chi connectivity index (χ4n) is 7.78. The van der Waals surface area contributed by atoms with Gasteiger partial charge in [0.1, 0.15) is 0 Å². The van der Waals surface area contributed by atoms with E-state index in [0.29, 0.717) is 0 Å². The SMILES string of the molecule is C1=Cc2c(c3c(n2-c2ccc(N(c4ccccc4)C4C=CC(n5c6ccccc6c6ccccc65)=CC4)cc2)C=CCC3)CC1. The highest BCUT2D eigenvalue weighted by Crippen LogP contribution is 2.38. The van der Waals surface area contributed by atoms with Crippen molar-refractivity contribution in [1.29, 1.82) is 0 Å². The maximum Gasteiger partial charge on any atom is 0.0561 e. The molecule has 218 valence electrons. The van der Waals surface area contributed by atoms with E-state index in [1.165, 1.54) is 56.0 Å². The molecule has 0 amide bonds. The molecule has 4 aromatic carbocycles. The molecular formula is C42H35N3. The van der Waals surface area contributed by atoms with Crippen molar-refractivity contribution < 1.29 is 0 Å². The Morgan fingerprint density at radius 1 is 0.556 bits per heavy atom. The maximum absolute atomic E-state index is 2.49. The molecule has 3 aliphatic carbocycles. The van der Waals surface area contributed by atoms with E-state index in [2.05, 4.69) is 160 Å². The third-order valence-electron chi connectivity index (χ3n) is 9.79. The van der Waals surface area contributed by atoms with E-state index in [1.807, 2.05) is 0 Å². The summed E-state index contributed by atoms with van der Waals surface area (Å²) in [4.78, 5) is 2.49. The molecule has 2 aromatic heterocycles. The molecule has 3 nitrogen and oxygen atoms in total. The third kappa shape index (κ3) is 4.26. The van der Waals surface area contributed by atoms with Gasteiger partial charge in [0.2, 0.25) is 0 Å². The normalized spacial score (nSPS) is 17.0. The third-order valence-corrected chi connectivity index (χ3v) is 9.79.